The lowest BCUT2D eigenvalue weighted by Gasteiger charge is -2.31. The summed E-state index contributed by atoms with van der Waals surface area (Å²) in [5.41, 5.74) is 2.24. The van der Waals surface area contributed by atoms with Crippen LogP contribution in [0.5, 0.6) is 0 Å². The van der Waals surface area contributed by atoms with E-state index in [4.69, 9.17) is 4.98 Å². The number of para-hydroxylation sites is 2. The second-order valence-electron chi connectivity index (χ2n) is 4.97. The first-order valence-corrected chi connectivity index (χ1v) is 7.73. The molecular formula is C18H14N2S. The number of fused-ring (bicyclic) bond motifs is 3. The molecule has 0 spiro atoms. The lowest BCUT2D eigenvalue weighted by molar-refractivity contribution is 0.999. The first kappa shape index (κ1) is 12.5. The highest BCUT2D eigenvalue weighted by Gasteiger charge is 2.24. The minimum Gasteiger partial charge on any atom is -0.321 e. The maximum absolute atomic E-state index is 4.87. The summed E-state index contributed by atoms with van der Waals surface area (Å²) in [5, 5.41) is 1.18. The molecule has 1 aromatic heterocycles. The number of benzene rings is 2. The standard InChI is InChI=1S/C18H14N2S/c1-2-11-20-15-9-5-6-10-16(15)21-17-12-13-7-3-4-8-14(13)19-18(17)20/h2-10,12H,1,11H2. The molecule has 0 saturated carbocycles. The highest BCUT2D eigenvalue weighted by atomic mass is 32.2. The summed E-state index contributed by atoms with van der Waals surface area (Å²) >= 11 is 1.79. The predicted octanol–water partition coefficient (Wildman–Crippen LogP) is 5.02. The van der Waals surface area contributed by atoms with Crippen LogP contribution in [0.1, 0.15) is 0 Å². The maximum atomic E-state index is 4.87. The van der Waals surface area contributed by atoms with Crippen molar-refractivity contribution in [3.05, 3.63) is 67.3 Å². The van der Waals surface area contributed by atoms with E-state index in [-0.39, 0.29) is 0 Å². The van der Waals surface area contributed by atoms with Crippen molar-refractivity contribution >= 4 is 34.2 Å². The van der Waals surface area contributed by atoms with Crippen molar-refractivity contribution in [2.75, 3.05) is 11.4 Å². The van der Waals surface area contributed by atoms with Crippen molar-refractivity contribution in [2.24, 2.45) is 0 Å². The van der Waals surface area contributed by atoms with E-state index in [0.29, 0.717) is 0 Å². The molecule has 0 bridgehead atoms. The molecular weight excluding hydrogens is 276 g/mol. The van der Waals surface area contributed by atoms with E-state index in [1.54, 1.807) is 11.8 Å². The fraction of sp³-hybridized carbons (Fsp3) is 0.0556. The van der Waals surface area contributed by atoms with Gasteiger partial charge in [-0.05, 0) is 24.3 Å². The van der Waals surface area contributed by atoms with E-state index in [1.807, 2.05) is 12.1 Å². The Hall–Kier alpha value is -2.26. The van der Waals surface area contributed by atoms with Gasteiger partial charge in [0, 0.05) is 16.8 Å². The SMILES string of the molecule is C=CCN1c2ccccc2Sc2cc3ccccc3nc21. The van der Waals surface area contributed by atoms with Crippen LogP contribution in [0.15, 0.2) is 77.0 Å². The van der Waals surface area contributed by atoms with Gasteiger partial charge >= 0.3 is 0 Å². The first-order chi connectivity index (χ1) is 10.4. The predicted molar refractivity (Wildman–Crippen MR) is 89.5 cm³/mol. The molecule has 0 saturated heterocycles. The van der Waals surface area contributed by atoms with Crippen LogP contribution in [-0.4, -0.2) is 11.5 Å². The molecule has 0 radical (unpaired) electrons. The van der Waals surface area contributed by atoms with Gasteiger partial charge in [0.1, 0.15) is 5.82 Å². The molecule has 0 N–H and O–H groups in total. The molecule has 21 heavy (non-hydrogen) atoms. The van der Waals surface area contributed by atoms with Crippen molar-refractivity contribution in [1.29, 1.82) is 0 Å². The van der Waals surface area contributed by atoms with Gasteiger partial charge in [0.05, 0.1) is 16.1 Å². The molecule has 1 aliphatic heterocycles. The van der Waals surface area contributed by atoms with Crippen LogP contribution in [0.2, 0.25) is 0 Å². The van der Waals surface area contributed by atoms with E-state index in [0.717, 1.165) is 17.9 Å². The molecule has 1 aliphatic rings. The first-order valence-electron chi connectivity index (χ1n) is 6.92. The second-order valence-corrected chi connectivity index (χ2v) is 6.06. The van der Waals surface area contributed by atoms with Crippen molar-refractivity contribution in [3.8, 4) is 0 Å². The molecule has 102 valence electrons. The quantitative estimate of drug-likeness (QED) is 0.616. The number of anilines is 2. The van der Waals surface area contributed by atoms with Gasteiger partial charge in [-0.1, -0.05) is 48.2 Å². The van der Waals surface area contributed by atoms with Gasteiger partial charge in [-0.15, -0.1) is 6.58 Å². The lowest BCUT2D eigenvalue weighted by atomic mass is 10.2. The summed E-state index contributed by atoms with van der Waals surface area (Å²) < 4.78 is 0. The molecule has 3 heteroatoms. The van der Waals surface area contributed by atoms with Gasteiger partial charge < -0.3 is 4.90 Å². The topological polar surface area (TPSA) is 16.1 Å². The molecule has 3 aromatic rings. The summed E-state index contributed by atoms with van der Waals surface area (Å²) in [7, 11) is 0. The third kappa shape index (κ3) is 2.01. The number of hydrogen-bond acceptors (Lipinski definition) is 3. The fourth-order valence-electron chi connectivity index (χ4n) is 2.67. The number of nitrogens with zero attached hydrogens (tertiary/aromatic N) is 2. The zero-order valence-corrected chi connectivity index (χ0v) is 12.3. The van der Waals surface area contributed by atoms with Crippen molar-refractivity contribution in [2.45, 2.75) is 9.79 Å². The largest absolute Gasteiger partial charge is 0.321 e. The highest BCUT2D eigenvalue weighted by Crippen LogP contribution is 2.47. The van der Waals surface area contributed by atoms with Gasteiger partial charge in [0.25, 0.3) is 0 Å². The number of aromatic nitrogens is 1. The Bertz CT molecular complexity index is 841. The Balaban J connectivity index is 1.96. The Morgan fingerprint density at radius 2 is 1.86 bits per heavy atom. The highest BCUT2D eigenvalue weighted by molar-refractivity contribution is 7.99. The molecule has 2 aromatic carbocycles. The summed E-state index contributed by atoms with van der Waals surface area (Å²) in [6.07, 6.45) is 1.92. The fourth-order valence-corrected chi connectivity index (χ4v) is 3.77. The zero-order valence-electron chi connectivity index (χ0n) is 11.5. The monoisotopic (exact) mass is 290 g/mol. The van der Waals surface area contributed by atoms with E-state index < -0.39 is 0 Å². The maximum Gasteiger partial charge on any atom is 0.148 e. The second kappa shape index (κ2) is 4.93. The lowest BCUT2D eigenvalue weighted by Crippen LogP contribution is -2.21. The van der Waals surface area contributed by atoms with Gasteiger partial charge in [0.2, 0.25) is 0 Å². The molecule has 0 fully saturated rings. The molecule has 2 nitrogen and oxygen atoms in total. The minimum atomic E-state index is 0.760. The van der Waals surface area contributed by atoms with Crippen molar-refractivity contribution in [1.82, 2.24) is 4.98 Å². The summed E-state index contributed by atoms with van der Waals surface area (Å²) in [5.74, 6) is 1.03. The molecule has 2 heterocycles. The van der Waals surface area contributed by atoms with Gasteiger partial charge in [-0.3, -0.25) is 0 Å². The van der Waals surface area contributed by atoms with Crippen LogP contribution >= 0.6 is 11.8 Å². The number of rotatable bonds is 2. The Morgan fingerprint density at radius 3 is 2.76 bits per heavy atom. The molecule has 0 amide bonds. The van der Waals surface area contributed by atoms with Crippen LogP contribution in [-0.2, 0) is 0 Å². The number of pyridine rings is 1. The third-order valence-electron chi connectivity index (χ3n) is 3.61. The minimum absolute atomic E-state index is 0.760. The van der Waals surface area contributed by atoms with Crippen LogP contribution in [0.25, 0.3) is 10.9 Å². The third-order valence-corrected chi connectivity index (χ3v) is 4.70. The Morgan fingerprint density at radius 1 is 1.05 bits per heavy atom. The smallest absolute Gasteiger partial charge is 0.148 e. The summed E-state index contributed by atoms with van der Waals surface area (Å²) in [6, 6.07) is 18.9. The molecule has 4 rings (SSSR count). The van der Waals surface area contributed by atoms with Crippen LogP contribution < -0.4 is 4.90 Å². The van der Waals surface area contributed by atoms with E-state index in [1.165, 1.54) is 20.9 Å². The van der Waals surface area contributed by atoms with Gasteiger partial charge in [-0.25, -0.2) is 4.98 Å². The van der Waals surface area contributed by atoms with Crippen LogP contribution in [0.3, 0.4) is 0 Å². The average Bonchev–Trinajstić information content (AvgIpc) is 2.53. The Kier molecular flexibility index (Phi) is 2.93. The summed E-state index contributed by atoms with van der Waals surface area (Å²) in [6.45, 7) is 4.65. The molecule has 0 atom stereocenters. The van der Waals surface area contributed by atoms with E-state index >= 15 is 0 Å². The van der Waals surface area contributed by atoms with Crippen molar-refractivity contribution in [3.63, 3.8) is 0 Å². The zero-order chi connectivity index (χ0) is 14.2. The van der Waals surface area contributed by atoms with Gasteiger partial charge in [0.15, 0.2) is 0 Å². The van der Waals surface area contributed by atoms with E-state index in [2.05, 4.69) is 60.0 Å². The molecule has 0 aliphatic carbocycles. The van der Waals surface area contributed by atoms with E-state index in [9.17, 15) is 0 Å². The normalized spacial score (nSPS) is 12.9. The Labute approximate surface area is 128 Å². The van der Waals surface area contributed by atoms with Crippen LogP contribution in [0.4, 0.5) is 11.5 Å². The summed E-state index contributed by atoms with van der Waals surface area (Å²) in [4.78, 5) is 9.58. The van der Waals surface area contributed by atoms with Crippen molar-refractivity contribution < 1.29 is 0 Å². The number of hydrogen-bond donors (Lipinski definition) is 0. The van der Waals surface area contributed by atoms with Gasteiger partial charge in [-0.2, -0.15) is 0 Å². The molecule has 0 unspecified atom stereocenters. The van der Waals surface area contributed by atoms with Crippen LogP contribution in [0, 0.1) is 0 Å². The average molecular weight is 290 g/mol.